The molecule has 2 aromatic carbocycles. The van der Waals surface area contributed by atoms with Crippen LogP contribution in [0, 0.1) is 0 Å². The third kappa shape index (κ3) is 4.44. The summed E-state index contributed by atoms with van der Waals surface area (Å²) >= 11 is 0. The van der Waals surface area contributed by atoms with E-state index in [-0.39, 0.29) is 24.4 Å². The van der Waals surface area contributed by atoms with Gasteiger partial charge in [-0.15, -0.1) is 12.4 Å². The molecule has 1 amide bonds. The Bertz CT molecular complexity index is 723. The van der Waals surface area contributed by atoms with E-state index in [4.69, 9.17) is 15.2 Å². The summed E-state index contributed by atoms with van der Waals surface area (Å²) in [6.07, 6.45) is 0.835. The van der Waals surface area contributed by atoms with Crippen molar-refractivity contribution in [1.82, 2.24) is 4.90 Å². The maximum atomic E-state index is 12.8. The molecule has 2 N–H and O–H groups in total. The molecule has 5 nitrogen and oxygen atoms in total. The van der Waals surface area contributed by atoms with Crippen molar-refractivity contribution in [3.63, 3.8) is 0 Å². The van der Waals surface area contributed by atoms with Crippen LogP contribution in [0.15, 0.2) is 48.5 Å². The molecule has 134 valence electrons. The summed E-state index contributed by atoms with van der Waals surface area (Å²) < 4.78 is 11.6. The summed E-state index contributed by atoms with van der Waals surface area (Å²) in [4.78, 5) is 14.6. The van der Waals surface area contributed by atoms with Gasteiger partial charge in [0, 0.05) is 19.1 Å². The second-order valence-electron chi connectivity index (χ2n) is 5.78. The molecule has 0 spiro atoms. The minimum atomic E-state index is -0.0487. The van der Waals surface area contributed by atoms with E-state index in [9.17, 15) is 4.79 Å². The van der Waals surface area contributed by atoms with Crippen LogP contribution in [0.1, 0.15) is 23.7 Å². The molecule has 25 heavy (non-hydrogen) atoms. The van der Waals surface area contributed by atoms with Crippen molar-refractivity contribution in [2.75, 3.05) is 19.7 Å². The van der Waals surface area contributed by atoms with E-state index in [1.54, 1.807) is 17.0 Å². The molecule has 1 heterocycles. The predicted molar refractivity (Wildman–Crippen MR) is 99.9 cm³/mol. The Morgan fingerprint density at radius 2 is 1.76 bits per heavy atom. The number of amides is 1. The topological polar surface area (TPSA) is 64.8 Å². The summed E-state index contributed by atoms with van der Waals surface area (Å²) in [7, 11) is 0. The highest BCUT2D eigenvalue weighted by molar-refractivity contribution is 5.97. The second-order valence-corrected chi connectivity index (χ2v) is 5.78. The molecule has 0 saturated carbocycles. The third-order valence-electron chi connectivity index (χ3n) is 4.00. The third-order valence-corrected chi connectivity index (χ3v) is 4.00. The van der Waals surface area contributed by atoms with Crippen LogP contribution in [-0.4, -0.2) is 36.5 Å². The normalized spacial score (nSPS) is 16.2. The van der Waals surface area contributed by atoms with E-state index in [0.717, 1.165) is 6.42 Å². The molecule has 1 aliphatic heterocycles. The van der Waals surface area contributed by atoms with E-state index in [1.165, 1.54) is 0 Å². The average molecular weight is 363 g/mol. The van der Waals surface area contributed by atoms with Gasteiger partial charge in [0.1, 0.15) is 5.75 Å². The summed E-state index contributed by atoms with van der Waals surface area (Å²) in [6.45, 7) is 3.74. The maximum absolute atomic E-state index is 12.8. The Morgan fingerprint density at radius 3 is 2.40 bits per heavy atom. The first-order chi connectivity index (χ1) is 11.7. The average Bonchev–Trinajstić information content (AvgIpc) is 3.03. The molecule has 1 saturated heterocycles. The fourth-order valence-electron chi connectivity index (χ4n) is 2.80. The van der Waals surface area contributed by atoms with Gasteiger partial charge in [-0.1, -0.05) is 24.3 Å². The highest BCUT2D eigenvalue weighted by Gasteiger charge is 2.26. The van der Waals surface area contributed by atoms with Crippen LogP contribution >= 0.6 is 12.4 Å². The zero-order valence-electron chi connectivity index (χ0n) is 14.2. The molecule has 0 aromatic heterocycles. The highest BCUT2D eigenvalue weighted by Crippen LogP contribution is 2.33. The van der Waals surface area contributed by atoms with Crippen molar-refractivity contribution in [2.24, 2.45) is 5.73 Å². The van der Waals surface area contributed by atoms with Gasteiger partial charge in [-0.2, -0.15) is 0 Å². The number of hydrogen-bond acceptors (Lipinski definition) is 4. The Morgan fingerprint density at radius 1 is 1.12 bits per heavy atom. The largest absolute Gasteiger partial charge is 0.490 e. The first-order valence-electron chi connectivity index (χ1n) is 8.22. The van der Waals surface area contributed by atoms with Crippen molar-refractivity contribution in [3.8, 4) is 17.2 Å². The van der Waals surface area contributed by atoms with Crippen LogP contribution in [0.25, 0.3) is 0 Å². The highest BCUT2D eigenvalue weighted by atomic mass is 35.5. The van der Waals surface area contributed by atoms with E-state index < -0.39 is 0 Å². The number of rotatable bonds is 5. The predicted octanol–water partition coefficient (Wildman–Crippen LogP) is 3.47. The number of likely N-dealkylation sites (tertiary alicyclic amines) is 1. The van der Waals surface area contributed by atoms with Crippen molar-refractivity contribution in [2.45, 2.75) is 19.4 Å². The van der Waals surface area contributed by atoms with Crippen LogP contribution in [0.3, 0.4) is 0 Å². The number of halogens is 1. The number of benzene rings is 2. The molecule has 1 fully saturated rings. The minimum Gasteiger partial charge on any atom is -0.490 e. The second kappa shape index (κ2) is 8.74. The number of carbonyl (C=O) groups is 1. The minimum absolute atomic E-state index is 0. The number of ether oxygens (including phenoxy) is 2. The smallest absolute Gasteiger partial charge is 0.257 e. The lowest BCUT2D eigenvalue weighted by molar-refractivity contribution is 0.0788. The standard InChI is InChI=1S/C19H22N2O3.ClH/c1-2-23-17-9-5-6-10-18(17)24-16-8-4-3-7-15(16)19(22)21-12-11-14(20)13-21;/h3-10,14H,2,11-13,20H2,1H3;1H/t14-;/m1./s1. The molecule has 0 unspecified atom stereocenters. The Balaban J connectivity index is 0.00000225. The van der Waals surface area contributed by atoms with Gasteiger partial charge in [-0.3, -0.25) is 4.79 Å². The van der Waals surface area contributed by atoms with E-state index in [2.05, 4.69) is 0 Å². The molecule has 6 heteroatoms. The number of carbonyl (C=O) groups excluding carboxylic acids is 1. The monoisotopic (exact) mass is 362 g/mol. The van der Waals surface area contributed by atoms with E-state index in [1.807, 2.05) is 43.3 Å². The molecule has 0 aliphatic carbocycles. The molecule has 1 aliphatic rings. The summed E-state index contributed by atoms with van der Waals surface area (Å²) in [6, 6.07) is 14.8. The molecule has 1 atom stereocenters. The quantitative estimate of drug-likeness (QED) is 0.884. The number of para-hydroxylation sites is 3. The number of nitrogens with two attached hydrogens (primary N) is 1. The summed E-state index contributed by atoms with van der Waals surface area (Å²) in [5.74, 6) is 1.73. The molecule has 2 aromatic rings. The van der Waals surface area contributed by atoms with E-state index in [0.29, 0.717) is 42.5 Å². The van der Waals surface area contributed by atoms with Crippen LogP contribution in [-0.2, 0) is 0 Å². The van der Waals surface area contributed by atoms with Gasteiger partial charge >= 0.3 is 0 Å². The van der Waals surface area contributed by atoms with Crippen molar-refractivity contribution >= 4 is 18.3 Å². The van der Waals surface area contributed by atoms with Gasteiger partial charge in [0.25, 0.3) is 5.91 Å². The van der Waals surface area contributed by atoms with Crippen LogP contribution < -0.4 is 15.2 Å². The van der Waals surface area contributed by atoms with Crippen molar-refractivity contribution < 1.29 is 14.3 Å². The fraction of sp³-hybridized carbons (Fsp3) is 0.316. The van der Waals surface area contributed by atoms with Crippen molar-refractivity contribution in [1.29, 1.82) is 0 Å². The summed E-state index contributed by atoms with van der Waals surface area (Å²) in [5.41, 5.74) is 6.45. The lowest BCUT2D eigenvalue weighted by Gasteiger charge is -2.18. The zero-order valence-corrected chi connectivity index (χ0v) is 15.0. The lowest BCUT2D eigenvalue weighted by Crippen LogP contribution is -2.32. The van der Waals surface area contributed by atoms with Gasteiger partial charge in [0.15, 0.2) is 11.5 Å². The molecule has 3 rings (SSSR count). The summed E-state index contributed by atoms with van der Waals surface area (Å²) in [5, 5.41) is 0. The molecular weight excluding hydrogens is 340 g/mol. The van der Waals surface area contributed by atoms with Crippen LogP contribution in [0.5, 0.6) is 17.2 Å². The Hall–Kier alpha value is -2.24. The molecular formula is C19H23ClN2O3. The first-order valence-corrected chi connectivity index (χ1v) is 8.22. The zero-order chi connectivity index (χ0) is 16.9. The van der Waals surface area contributed by atoms with E-state index >= 15 is 0 Å². The van der Waals surface area contributed by atoms with Crippen molar-refractivity contribution in [3.05, 3.63) is 54.1 Å². The Kier molecular flexibility index (Phi) is 6.67. The first kappa shape index (κ1) is 19.1. The van der Waals surface area contributed by atoms with Gasteiger partial charge in [-0.05, 0) is 37.6 Å². The Labute approximate surface area is 154 Å². The fourth-order valence-corrected chi connectivity index (χ4v) is 2.80. The van der Waals surface area contributed by atoms with Gasteiger partial charge in [0.2, 0.25) is 0 Å². The SMILES string of the molecule is CCOc1ccccc1Oc1ccccc1C(=O)N1CC[C@@H](N)C1.Cl. The molecule has 0 bridgehead atoms. The molecule has 0 radical (unpaired) electrons. The lowest BCUT2D eigenvalue weighted by atomic mass is 10.1. The van der Waals surface area contributed by atoms with Gasteiger partial charge in [-0.25, -0.2) is 0 Å². The van der Waals surface area contributed by atoms with Crippen LogP contribution in [0.4, 0.5) is 0 Å². The van der Waals surface area contributed by atoms with Crippen LogP contribution in [0.2, 0.25) is 0 Å². The van der Waals surface area contributed by atoms with Gasteiger partial charge < -0.3 is 20.1 Å². The number of hydrogen-bond donors (Lipinski definition) is 1. The maximum Gasteiger partial charge on any atom is 0.257 e. The van der Waals surface area contributed by atoms with Gasteiger partial charge in [0.05, 0.1) is 12.2 Å². The number of nitrogens with zero attached hydrogens (tertiary/aromatic N) is 1.